The van der Waals surface area contributed by atoms with Gasteiger partial charge in [-0.25, -0.2) is 9.97 Å². The molecule has 0 aliphatic carbocycles. The third-order valence-corrected chi connectivity index (χ3v) is 6.33. The summed E-state index contributed by atoms with van der Waals surface area (Å²) in [5, 5.41) is 2.81. The highest BCUT2D eigenvalue weighted by Crippen LogP contribution is 2.35. The van der Waals surface area contributed by atoms with Crippen LogP contribution in [0.1, 0.15) is 0 Å². The highest BCUT2D eigenvalue weighted by atomic mass is 32.1. The zero-order valence-electron chi connectivity index (χ0n) is 15.8. The molecule has 142 valence electrons. The molecule has 5 heteroatoms. The Bertz CT molecular complexity index is 1630. The number of aromatic nitrogens is 3. The van der Waals surface area contributed by atoms with Gasteiger partial charge >= 0.3 is 0 Å². The van der Waals surface area contributed by atoms with Crippen LogP contribution in [0.5, 0.6) is 0 Å². The van der Waals surface area contributed by atoms with Crippen LogP contribution in [0.4, 0.5) is 0 Å². The van der Waals surface area contributed by atoms with Gasteiger partial charge in [0, 0.05) is 16.5 Å². The van der Waals surface area contributed by atoms with Crippen LogP contribution in [-0.4, -0.2) is 15.0 Å². The van der Waals surface area contributed by atoms with Gasteiger partial charge in [0.25, 0.3) is 5.56 Å². The van der Waals surface area contributed by atoms with Crippen LogP contribution in [0, 0.1) is 0 Å². The molecule has 3 aromatic heterocycles. The van der Waals surface area contributed by atoms with E-state index in [-0.39, 0.29) is 5.56 Å². The van der Waals surface area contributed by atoms with Gasteiger partial charge in [-0.15, -0.1) is 11.3 Å². The largest absolute Gasteiger partial charge is 0.321 e. The van der Waals surface area contributed by atoms with Gasteiger partial charge in [0.1, 0.15) is 5.01 Å². The number of hydrogen-bond donors (Lipinski definition) is 1. The second-order valence-corrected chi connectivity index (χ2v) is 8.19. The van der Waals surface area contributed by atoms with Crippen molar-refractivity contribution >= 4 is 43.4 Å². The van der Waals surface area contributed by atoms with Gasteiger partial charge < -0.3 is 4.98 Å². The molecule has 6 rings (SSSR count). The molecule has 4 nitrogen and oxygen atoms in total. The Morgan fingerprint density at radius 1 is 0.733 bits per heavy atom. The lowest BCUT2D eigenvalue weighted by atomic mass is 10.1. The minimum Gasteiger partial charge on any atom is -0.321 e. The Kier molecular flexibility index (Phi) is 3.76. The summed E-state index contributed by atoms with van der Waals surface area (Å²) in [4.78, 5) is 25.4. The van der Waals surface area contributed by atoms with Gasteiger partial charge in [-0.05, 0) is 35.7 Å². The third-order valence-electron chi connectivity index (χ3n) is 5.28. The quantitative estimate of drug-likeness (QED) is 0.383. The highest BCUT2D eigenvalue weighted by molar-refractivity contribution is 7.21. The van der Waals surface area contributed by atoms with Crippen molar-refractivity contribution in [2.75, 3.05) is 0 Å². The summed E-state index contributed by atoms with van der Waals surface area (Å²) >= 11 is 1.53. The van der Waals surface area contributed by atoms with E-state index >= 15 is 0 Å². The van der Waals surface area contributed by atoms with Crippen molar-refractivity contribution in [3.63, 3.8) is 0 Å². The lowest BCUT2D eigenvalue weighted by molar-refractivity contribution is 1.30. The number of para-hydroxylation sites is 3. The molecule has 30 heavy (non-hydrogen) atoms. The maximum atomic E-state index is 12.7. The molecule has 0 amide bonds. The van der Waals surface area contributed by atoms with E-state index in [9.17, 15) is 4.79 Å². The monoisotopic (exact) mass is 405 g/mol. The summed E-state index contributed by atoms with van der Waals surface area (Å²) in [7, 11) is 0. The third kappa shape index (κ3) is 2.71. The Morgan fingerprint density at radius 3 is 2.50 bits per heavy atom. The first kappa shape index (κ1) is 17.1. The number of pyridine rings is 2. The lowest BCUT2D eigenvalue weighted by Crippen LogP contribution is -2.08. The summed E-state index contributed by atoms with van der Waals surface area (Å²) in [5.74, 6) is 0. The molecule has 0 bridgehead atoms. The SMILES string of the molecule is O=c1[nH]c2ccccc2cc1-c1nc2c(-c3ccc4ccccc4n3)cccc2s1. The fraction of sp³-hybridized carbons (Fsp3) is 0. The molecular formula is C25H15N3OS. The van der Waals surface area contributed by atoms with Crippen LogP contribution in [0.25, 0.3) is 53.9 Å². The van der Waals surface area contributed by atoms with Crippen molar-refractivity contribution in [3.05, 3.63) is 95.3 Å². The van der Waals surface area contributed by atoms with E-state index in [1.165, 1.54) is 11.3 Å². The number of rotatable bonds is 2. The minimum atomic E-state index is -0.127. The molecule has 0 aliphatic rings. The first-order valence-electron chi connectivity index (χ1n) is 9.64. The van der Waals surface area contributed by atoms with Crippen LogP contribution < -0.4 is 5.56 Å². The lowest BCUT2D eigenvalue weighted by Gasteiger charge is -2.04. The summed E-state index contributed by atoms with van der Waals surface area (Å²) in [5.41, 5.74) is 4.96. The van der Waals surface area contributed by atoms with E-state index < -0.39 is 0 Å². The molecule has 1 N–H and O–H groups in total. The summed E-state index contributed by atoms with van der Waals surface area (Å²) in [6, 6.07) is 28.0. The molecule has 0 radical (unpaired) electrons. The molecule has 3 heterocycles. The number of fused-ring (bicyclic) bond motifs is 3. The first-order chi connectivity index (χ1) is 14.8. The summed E-state index contributed by atoms with van der Waals surface area (Å²) < 4.78 is 1.03. The van der Waals surface area contributed by atoms with Crippen molar-refractivity contribution in [2.24, 2.45) is 0 Å². The minimum absolute atomic E-state index is 0.127. The fourth-order valence-electron chi connectivity index (χ4n) is 3.79. The van der Waals surface area contributed by atoms with Crippen molar-refractivity contribution in [1.29, 1.82) is 0 Å². The average molecular weight is 405 g/mol. The molecule has 0 saturated carbocycles. The van der Waals surface area contributed by atoms with Crippen LogP contribution in [-0.2, 0) is 0 Å². The van der Waals surface area contributed by atoms with Gasteiger partial charge in [-0.3, -0.25) is 4.79 Å². The molecule has 0 spiro atoms. The Hall–Kier alpha value is -3.83. The van der Waals surface area contributed by atoms with Gasteiger partial charge in [0.2, 0.25) is 0 Å². The molecule has 0 saturated heterocycles. The molecule has 0 aliphatic heterocycles. The second kappa shape index (κ2) is 6.61. The standard InChI is InChI=1S/C25H15N3OS/c29-24-18(14-16-7-2-4-10-20(16)27-24)25-28-23-17(8-5-11-22(23)30-25)21-13-12-15-6-1-3-9-19(15)26-21/h1-14H,(H,27,29). The smallest absolute Gasteiger partial charge is 0.258 e. The van der Waals surface area contributed by atoms with Gasteiger partial charge in [0.05, 0.1) is 27.0 Å². The Balaban J connectivity index is 1.55. The molecule has 0 fully saturated rings. The number of thiazole rings is 1. The topological polar surface area (TPSA) is 58.6 Å². The van der Waals surface area contributed by atoms with E-state index in [0.717, 1.165) is 43.3 Å². The number of aromatic amines is 1. The Labute approximate surface area is 175 Å². The van der Waals surface area contributed by atoms with Crippen LogP contribution in [0.15, 0.2) is 89.7 Å². The fourth-order valence-corrected chi connectivity index (χ4v) is 4.80. The molecule has 3 aromatic carbocycles. The average Bonchev–Trinajstić information content (AvgIpc) is 3.22. The molecule has 0 unspecified atom stereocenters. The maximum absolute atomic E-state index is 12.7. The van der Waals surface area contributed by atoms with Crippen molar-refractivity contribution in [1.82, 2.24) is 15.0 Å². The van der Waals surface area contributed by atoms with Gasteiger partial charge in [-0.2, -0.15) is 0 Å². The van der Waals surface area contributed by atoms with Crippen LogP contribution >= 0.6 is 11.3 Å². The maximum Gasteiger partial charge on any atom is 0.258 e. The van der Waals surface area contributed by atoms with Gasteiger partial charge in [0.15, 0.2) is 0 Å². The van der Waals surface area contributed by atoms with Crippen LogP contribution in [0.2, 0.25) is 0 Å². The van der Waals surface area contributed by atoms with Gasteiger partial charge in [-0.1, -0.05) is 54.6 Å². The predicted molar refractivity (Wildman–Crippen MR) is 124 cm³/mol. The second-order valence-electron chi connectivity index (χ2n) is 7.16. The van der Waals surface area contributed by atoms with E-state index in [4.69, 9.17) is 9.97 Å². The first-order valence-corrected chi connectivity index (χ1v) is 10.5. The normalized spacial score (nSPS) is 11.5. The molecule has 0 atom stereocenters. The highest BCUT2D eigenvalue weighted by Gasteiger charge is 2.15. The van der Waals surface area contributed by atoms with E-state index in [0.29, 0.717) is 10.6 Å². The molecule has 6 aromatic rings. The number of hydrogen-bond acceptors (Lipinski definition) is 4. The van der Waals surface area contributed by atoms with E-state index in [1.54, 1.807) is 0 Å². The number of benzene rings is 3. The molecular weight excluding hydrogens is 390 g/mol. The zero-order valence-corrected chi connectivity index (χ0v) is 16.6. The van der Waals surface area contributed by atoms with Crippen molar-refractivity contribution in [2.45, 2.75) is 0 Å². The van der Waals surface area contributed by atoms with E-state index in [2.05, 4.69) is 17.1 Å². The van der Waals surface area contributed by atoms with Crippen LogP contribution in [0.3, 0.4) is 0 Å². The number of nitrogens with one attached hydrogen (secondary N) is 1. The van der Waals surface area contributed by atoms with Crippen molar-refractivity contribution < 1.29 is 0 Å². The van der Waals surface area contributed by atoms with E-state index in [1.807, 2.05) is 72.8 Å². The van der Waals surface area contributed by atoms with Crippen molar-refractivity contribution in [3.8, 4) is 21.8 Å². The number of H-pyrrole nitrogens is 1. The Morgan fingerprint density at radius 2 is 1.57 bits per heavy atom. The predicted octanol–water partition coefficient (Wildman–Crippen LogP) is 6.02. The number of nitrogens with zero attached hydrogens (tertiary/aromatic N) is 2. The summed E-state index contributed by atoms with van der Waals surface area (Å²) in [6.07, 6.45) is 0. The summed E-state index contributed by atoms with van der Waals surface area (Å²) in [6.45, 7) is 0. The zero-order chi connectivity index (χ0) is 20.1.